The van der Waals surface area contributed by atoms with Crippen LogP contribution >= 0.6 is 0 Å². The molecule has 98 valence electrons. The maximum atomic E-state index is 7.80. The van der Waals surface area contributed by atoms with Crippen molar-refractivity contribution in [3.63, 3.8) is 0 Å². The summed E-state index contributed by atoms with van der Waals surface area (Å²) in [5.74, 6) is 1.15. The smallest absolute Gasteiger partial charge is 0.0995 e. The van der Waals surface area contributed by atoms with Crippen molar-refractivity contribution < 1.29 is 0 Å². The lowest BCUT2D eigenvalue weighted by molar-refractivity contribution is 0.318. The molecule has 3 N–H and O–H groups in total. The largest absolute Gasteiger partial charge is 0.387 e. The Morgan fingerprint density at radius 1 is 1.44 bits per heavy atom. The van der Waals surface area contributed by atoms with E-state index in [9.17, 15) is 0 Å². The molecule has 1 aliphatic heterocycles. The molecule has 0 bridgehead atoms. The number of nitrogens with one attached hydrogen (secondary N) is 1. The molecule has 0 aliphatic carbocycles. The minimum atomic E-state index is 0.0433. The van der Waals surface area contributed by atoms with Crippen LogP contribution in [0, 0.1) is 11.3 Å². The Balaban J connectivity index is 2.02. The second kappa shape index (κ2) is 6.01. The van der Waals surface area contributed by atoms with Crippen molar-refractivity contribution in [2.24, 2.45) is 11.7 Å². The van der Waals surface area contributed by atoms with Crippen LogP contribution in [-0.4, -0.2) is 30.4 Å². The topological polar surface area (TPSA) is 53.1 Å². The molecule has 0 radical (unpaired) electrons. The Kier molecular flexibility index (Phi) is 4.37. The van der Waals surface area contributed by atoms with Crippen LogP contribution in [0.4, 0.5) is 0 Å². The lowest BCUT2D eigenvalue weighted by atomic mass is 9.97. The zero-order chi connectivity index (χ0) is 13.0. The van der Waals surface area contributed by atoms with Crippen molar-refractivity contribution in [2.45, 2.75) is 25.7 Å². The van der Waals surface area contributed by atoms with E-state index in [1.165, 1.54) is 12.8 Å². The van der Waals surface area contributed by atoms with E-state index in [1.807, 2.05) is 18.2 Å². The summed E-state index contributed by atoms with van der Waals surface area (Å²) in [6.07, 6.45) is 2.54. The minimum absolute atomic E-state index is 0.0433. The number of rotatable bonds is 5. The highest BCUT2D eigenvalue weighted by atomic mass is 15.1. The van der Waals surface area contributed by atoms with Gasteiger partial charge in [0.1, 0.15) is 0 Å². The highest BCUT2D eigenvalue weighted by molar-refractivity contribution is 5.84. The highest BCUT2D eigenvalue weighted by Gasteiger charge is 2.25. The van der Waals surface area contributed by atoms with Crippen LogP contribution < -0.4 is 5.73 Å². The van der Waals surface area contributed by atoms with Gasteiger partial charge >= 0.3 is 0 Å². The van der Waals surface area contributed by atoms with E-state index in [0.717, 1.165) is 31.1 Å². The second-order valence-corrected chi connectivity index (χ2v) is 5.24. The van der Waals surface area contributed by atoms with Gasteiger partial charge in [-0.2, -0.15) is 0 Å². The van der Waals surface area contributed by atoms with Gasteiger partial charge in [0.15, 0.2) is 0 Å². The van der Waals surface area contributed by atoms with Crippen LogP contribution in [0.1, 0.15) is 31.2 Å². The second-order valence-electron chi connectivity index (χ2n) is 5.24. The monoisotopic (exact) mass is 245 g/mol. The van der Waals surface area contributed by atoms with Crippen LogP contribution in [0.2, 0.25) is 0 Å². The third-order valence-corrected chi connectivity index (χ3v) is 3.97. The van der Waals surface area contributed by atoms with Gasteiger partial charge in [-0.15, -0.1) is 0 Å². The molecule has 1 aliphatic rings. The van der Waals surface area contributed by atoms with Gasteiger partial charge in [0.25, 0.3) is 0 Å². The molecule has 1 aromatic carbocycles. The number of nitrogens with zero attached hydrogens (tertiary/aromatic N) is 1. The predicted octanol–water partition coefficient (Wildman–Crippen LogP) is 2.44. The number of amidine groups is 1. The molecule has 3 heteroatoms. The summed E-state index contributed by atoms with van der Waals surface area (Å²) in [6.45, 7) is 5.45. The van der Waals surface area contributed by atoms with E-state index in [4.69, 9.17) is 11.1 Å². The maximum absolute atomic E-state index is 7.80. The number of hydrogen-bond acceptors (Lipinski definition) is 2. The van der Waals surface area contributed by atoms with Gasteiger partial charge in [-0.3, -0.25) is 5.41 Å². The third-order valence-electron chi connectivity index (χ3n) is 3.97. The summed E-state index contributed by atoms with van der Waals surface area (Å²) in [5, 5.41) is 7.80. The standard InChI is InChI=1S/C15H23N3/c1-2-12-8-9-18(10-12)11-14(15(16)17)13-6-4-3-5-7-13/h3-7,12,14H,2,8-11H2,1H3,(H3,16,17). The molecule has 0 amide bonds. The molecule has 3 nitrogen and oxygen atoms in total. The Labute approximate surface area is 109 Å². The average Bonchev–Trinajstić information content (AvgIpc) is 2.84. The predicted molar refractivity (Wildman–Crippen MR) is 75.9 cm³/mol. The molecule has 1 aromatic rings. The quantitative estimate of drug-likeness (QED) is 0.618. The Morgan fingerprint density at radius 3 is 2.72 bits per heavy atom. The molecule has 1 heterocycles. The molecular weight excluding hydrogens is 222 g/mol. The lowest BCUT2D eigenvalue weighted by Crippen LogP contribution is -2.33. The van der Waals surface area contributed by atoms with E-state index >= 15 is 0 Å². The van der Waals surface area contributed by atoms with Crippen LogP contribution in [0.25, 0.3) is 0 Å². The first kappa shape index (κ1) is 13.1. The molecule has 2 atom stereocenters. The third kappa shape index (κ3) is 3.10. The Morgan fingerprint density at radius 2 is 2.17 bits per heavy atom. The molecule has 2 rings (SSSR count). The van der Waals surface area contributed by atoms with E-state index < -0.39 is 0 Å². The molecule has 0 spiro atoms. The van der Waals surface area contributed by atoms with Crippen LogP contribution in [0.3, 0.4) is 0 Å². The van der Waals surface area contributed by atoms with Gasteiger partial charge in [-0.05, 0) is 24.4 Å². The molecule has 1 saturated heterocycles. The van der Waals surface area contributed by atoms with Crippen molar-refractivity contribution in [3.8, 4) is 0 Å². The molecule has 2 unspecified atom stereocenters. The van der Waals surface area contributed by atoms with E-state index in [-0.39, 0.29) is 11.8 Å². The molecule has 0 aromatic heterocycles. The van der Waals surface area contributed by atoms with Crippen molar-refractivity contribution in [1.29, 1.82) is 5.41 Å². The highest BCUT2D eigenvalue weighted by Crippen LogP contribution is 2.23. The van der Waals surface area contributed by atoms with Crippen LogP contribution in [-0.2, 0) is 0 Å². The van der Waals surface area contributed by atoms with Crippen molar-refractivity contribution in [2.75, 3.05) is 19.6 Å². The summed E-state index contributed by atoms with van der Waals surface area (Å²) >= 11 is 0. The average molecular weight is 245 g/mol. The van der Waals surface area contributed by atoms with Crippen molar-refractivity contribution in [3.05, 3.63) is 35.9 Å². The SMILES string of the molecule is CCC1CCN(CC(C(=N)N)c2ccccc2)C1. The first-order valence-corrected chi connectivity index (χ1v) is 6.82. The fourth-order valence-corrected chi connectivity index (χ4v) is 2.74. The van der Waals surface area contributed by atoms with Crippen molar-refractivity contribution >= 4 is 5.84 Å². The van der Waals surface area contributed by atoms with Gasteiger partial charge in [-0.1, -0.05) is 43.7 Å². The number of likely N-dealkylation sites (tertiary alicyclic amines) is 1. The number of benzene rings is 1. The van der Waals surface area contributed by atoms with Gasteiger partial charge in [-0.25, -0.2) is 0 Å². The summed E-state index contributed by atoms with van der Waals surface area (Å²) in [4.78, 5) is 2.45. The first-order chi connectivity index (χ1) is 8.70. The van der Waals surface area contributed by atoms with Gasteiger partial charge in [0.2, 0.25) is 0 Å². The zero-order valence-corrected chi connectivity index (χ0v) is 11.1. The fourth-order valence-electron chi connectivity index (χ4n) is 2.74. The normalized spacial score (nSPS) is 21.9. The Hall–Kier alpha value is -1.35. The van der Waals surface area contributed by atoms with E-state index in [0.29, 0.717) is 0 Å². The van der Waals surface area contributed by atoms with E-state index in [2.05, 4.69) is 24.0 Å². The summed E-state index contributed by atoms with van der Waals surface area (Å²) in [7, 11) is 0. The summed E-state index contributed by atoms with van der Waals surface area (Å²) in [5.41, 5.74) is 6.93. The Bertz CT molecular complexity index is 388. The molecule has 0 saturated carbocycles. The van der Waals surface area contributed by atoms with Crippen LogP contribution in [0.5, 0.6) is 0 Å². The fraction of sp³-hybridized carbons (Fsp3) is 0.533. The number of nitrogens with two attached hydrogens (primary N) is 1. The zero-order valence-electron chi connectivity index (χ0n) is 11.1. The summed E-state index contributed by atoms with van der Waals surface area (Å²) < 4.78 is 0. The lowest BCUT2D eigenvalue weighted by Gasteiger charge is -2.23. The summed E-state index contributed by atoms with van der Waals surface area (Å²) in [6, 6.07) is 10.2. The van der Waals surface area contributed by atoms with Gasteiger partial charge < -0.3 is 10.6 Å². The number of hydrogen-bond donors (Lipinski definition) is 2. The van der Waals surface area contributed by atoms with Gasteiger partial charge in [0.05, 0.1) is 11.8 Å². The molecule has 1 fully saturated rings. The van der Waals surface area contributed by atoms with Crippen molar-refractivity contribution in [1.82, 2.24) is 4.90 Å². The van der Waals surface area contributed by atoms with Gasteiger partial charge in [0, 0.05) is 13.1 Å². The molecular formula is C15H23N3. The minimum Gasteiger partial charge on any atom is -0.387 e. The first-order valence-electron chi connectivity index (χ1n) is 6.82. The molecule has 18 heavy (non-hydrogen) atoms. The maximum Gasteiger partial charge on any atom is 0.0995 e. The van der Waals surface area contributed by atoms with E-state index in [1.54, 1.807) is 0 Å². The van der Waals surface area contributed by atoms with Crippen LogP contribution in [0.15, 0.2) is 30.3 Å².